The number of aldehydes is 1. The van der Waals surface area contributed by atoms with Gasteiger partial charge < -0.3 is 55.3 Å². The van der Waals surface area contributed by atoms with E-state index in [1.54, 1.807) is 47.6 Å². The van der Waals surface area contributed by atoms with Crippen LogP contribution in [-0.2, 0) is 31.0 Å². The van der Waals surface area contributed by atoms with E-state index in [2.05, 4.69) is 10.6 Å². The van der Waals surface area contributed by atoms with E-state index in [0.717, 1.165) is 54.3 Å². The summed E-state index contributed by atoms with van der Waals surface area (Å²) in [7, 11) is 5.22. The van der Waals surface area contributed by atoms with Crippen molar-refractivity contribution in [2.24, 2.45) is 29.4 Å². The molecule has 2 aromatic rings. The molecule has 7 aliphatic rings. The highest BCUT2D eigenvalue weighted by Gasteiger charge is 2.67. The molecule has 5 heterocycles. The maximum atomic E-state index is 14.6. The van der Waals surface area contributed by atoms with E-state index in [1.807, 2.05) is 36.2 Å². The van der Waals surface area contributed by atoms with E-state index in [-0.39, 0.29) is 73.1 Å². The van der Waals surface area contributed by atoms with Gasteiger partial charge in [0.15, 0.2) is 11.2 Å². The zero-order valence-electron chi connectivity index (χ0n) is 36.7. The Morgan fingerprint density at radius 1 is 1.16 bits per heavy atom. The topological polar surface area (TPSA) is 214 Å². The largest absolute Gasteiger partial charge is 0.481 e. The molecular weight excluding hydrogens is 857 g/mol. The number of dihydropyridines is 1. The summed E-state index contributed by atoms with van der Waals surface area (Å²) >= 11 is 0. The molecule has 7 N–H and O–H groups in total. The SMILES string of the molecule is CC=C(CCO)C(=O)OC1(C)C(CO)C=C2CSSC3CC(C=O)C(NC)C4CN(C(=O)CC5=C(C=C(N)NC5)C2C12Cc1cc5cc(C6(CCO)CCCC6)c(=O)oc5cc1O2)C34. The van der Waals surface area contributed by atoms with Crippen LogP contribution in [-0.4, -0.2) is 113 Å². The zero-order valence-corrected chi connectivity index (χ0v) is 38.4. The van der Waals surface area contributed by atoms with Gasteiger partial charge in [-0.1, -0.05) is 52.2 Å². The summed E-state index contributed by atoms with van der Waals surface area (Å²) in [6, 6.07) is 5.55. The predicted octanol–water partition coefficient (Wildman–Crippen LogP) is 3.94. The highest BCUT2D eigenvalue weighted by Crippen LogP contribution is 2.60. The molecule has 3 fully saturated rings. The third-order valence-electron chi connectivity index (χ3n) is 15.8. The van der Waals surface area contributed by atoms with Crippen LogP contribution in [0.4, 0.5) is 0 Å². The Labute approximate surface area is 380 Å². The molecule has 9 rings (SSSR count). The van der Waals surface area contributed by atoms with Crippen molar-refractivity contribution in [3.63, 3.8) is 0 Å². The van der Waals surface area contributed by atoms with Crippen LogP contribution in [0.25, 0.3) is 11.0 Å². The number of aliphatic hydroxyl groups is 3. The van der Waals surface area contributed by atoms with E-state index in [4.69, 9.17) is 19.6 Å². The number of carbonyl (C=O) groups is 3. The first-order valence-electron chi connectivity index (χ1n) is 22.7. The van der Waals surface area contributed by atoms with Gasteiger partial charge in [0, 0.05) is 102 Å². The Morgan fingerprint density at radius 2 is 1.95 bits per heavy atom. The molecule has 2 saturated carbocycles. The lowest BCUT2D eigenvalue weighted by Gasteiger charge is -2.59. The number of nitrogens with one attached hydrogen (secondary N) is 2. The van der Waals surface area contributed by atoms with Gasteiger partial charge in [-0.2, -0.15) is 0 Å². The molecule has 16 heteroatoms. The second-order valence-corrected chi connectivity index (χ2v) is 21.6. The number of ether oxygens (including phenoxy) is 2. The van der Waals surface area contributed by atoms with Crippen molar-refractivity contribution in [3.05, 3.63) is 86.1 Å². The summed E-state index contributed by atoms with van der Waals surface area (Å²) < 4.78 is 20.2. The monoisotopic (exact) mass is 916 g/mol. The van der Waals surface area contributed by atoms with Crippen LogP contribution in [0.1, 0.15) is 76.3 Å². The number of aliphatic hydroxyl groups excluding tert-OH is 3. The second-order valence-electron chi connectivity index (χ2n) is 19.0. The lowest BCUT2D eigenvalue weighted by molar-refractivity contribution is -0.202. The molecule has 1 aromatic heterocycles. The van der Waals surface area contributed by atoms with E-state index < -0.39 is 46.7 Å². The van der Waals surface area contributed by atoms with Crippen LogP contribution >= 0.6 is 21.6 Å². The third-order valence-corrected chi connectivity index (χ3v) is 18.6. The number of nitrogens with zero attached hydrogens (tertiary/aromatic N) is 1. The van der Waals surface area contributed by atoms with Gasteiger partial charge in [-0.05, 0) is 81.5 Å². The Hall–Kier alpha value is -4.06. The van der Waals surface area contributed by atoms with E-state index in [9.17, 15) is 34.5 Å². The minimum atomic E-state index is -1.56. The van der Waals surface area contributed by atoms with Gasteiger partial charge in [-0.25, -0.2) is 9.59 Å². The van der Waals surface area contributed by atoms with Gasteiger partial charge in [0.2, 0.25) is 5.91 Å². The number of benzene rings is 1. The molecule has 1 aromatic carbocycles. The molecule has 9 atom stereocenters. The van der Waals surface area contributed by atoms with Crippen LogP contribution < -0.4 is 26.7 Å². The summed E-state index contributed by atoms with van der Waals surface area (Å²) in [5.41, 5.74) is 7.14. The van der Waals surface area contributed by atoms with Crippen LogP contribution in [0.15, 0.2) is 73.8 Å². The van der Waals surface area contributed by atoms with Crippen molar-refractivity contribution in [3.8, 4) is 5.75 Å². The van der Waals surface area contributed by atoms with Gasteiger partial charge in [0.1, 0.15) is 17.6 Å². The number of allylic oxidation sites excluding steroid dienone is 2. The first-order valence-corrected chi connectivity index (χ1v) is 25.1. The smallest absolute Gasteiger partial charge is 0.340 e. The number of esters is 1. The molecule has 3 aliphatic carbocycles. The fourth-order valence-electron chi connectivity index (χ4n) is 12.5. The standard InChI is InChI=1S/C48H60N4O10S2/c1-4-26(7-11-53)44(58)62-46(2)32(24-56)14-31-25-63-64-38-16-30(23-55)42(50-3)34-22-52(43(34)38)40(57)17-29-21-51-39(49)18-33(29)41(31)48(46)20-28-13-27-15-35(47(10-12-54)8-5-6-9-47)45(59)60-36(27)19-37(28)61-48/h4,13-15,18-19,23,30,32,34,38,41-43,50-51,53-54,56H,5-12,16-17,20-22,24-25,49H2,1-3H3. The average molecular weight is 917 g/mol. The maximum Gasteiger partial charge on any atom is 0.340 e. The van der Waals surface area contributed by atoms with Crippen molar-refractivity contribution in [2.75, 3.05) is 45.7 Å². The predicted molar refractivity (Wildman–Crippen MR) is 245 cm³/mol. The van der Waals surface area contributed by atoms with E-state index >= 15 is 0 Å². The van der Waals surface area contributed by atoms with Crippen molar-refractivity contribution < 1.29 is 43.6 Å². The summed E-state index contributed by atoms with van der Waals surface area (Å²) in [5.74, 6) is -0.831. The highest BCUT2D eigenvalue weighted by molar-refractivity contribution is 8.77. The molecule has 9 unspecified atom stereocenters. The van der Waals surface area contributed by atoms with Crippen molar-refractivity contribution in [1.29, 1.82) is 0 Å². The molecule has 1 spiro atoms. The van der Waals surface area contributed by atoms with Gasteiger partial charge in [-0.15, -0.1) is 0 Å². The average Bonchev–Trinajstić information content (AvgIpc) is 3.89. The number of fused-ring (bicyclic) bond motifs is 5. The van der Waals surface area contributed by atoms with Crippen LogP contribution in [0.2, 0.25) is 0 Å². The van der Waals surface area contributed by atoms with Gasteiger partial charge in [0.05, 0.1) is 30.8 Å². The molecule has 1 amide bonds. The molecule has 0 bridgehead atoms. The Morgan fingerprint density at radius 3 is 2.66 bits per heavy atom. The number of rotatable bonds is 10. The molecule has 4 aliphatic heterocycles. The van der Waals surface area contributed by atoms with Crippen LogP contribution in [0, 0.1) is 23.7 Å². The zero-order chi connectivity index (χ0) is 45.1. The second kappa shape index (κ2) is 17.6. The Bertz CT molecular complexity index is 2410. The first kappa shape index (κ1) is 45.1. The quantitative estimate of drug-likeness (QED) is 0.0498. The van der Waals surface area contributed by atoms with Crippen LogP contribution in [0.3, 0.4) is 0 Å². The van der Waals surface area contributed by atoms with Gasteiger partial charge in [-0.3, -0.25) is 4.79 Å². The maximum absolute atomic E-state index is 14.6. The Balaban J connectivity index is 1.22. The Kier molecular flexibility index (Phi) is 12.4. The molecule has 0 radical (unpaired) electrons. The lowest BCUT2D eigenvalue weighted by Crippen LogP contribution is -2.71. The number of nitrogens with two attached hydrogens (primary N) is 1. The normalized spacial score (nSPS) is 33.3. The summed E-state index contributed by atoms with van der Waals surface area (Å²) in [6.07, 6.45) is 11.5. The lowest BCUT2D eigenvalue weighted by atomic mass is 9.57. The van der Waals surface area contributed by atoms with E-state index in [1.165, 1.54) is 0 Å². The molecule has 1 saturated heterocycles. The third kappa shape index (κ3) is 7.25. The van der Waals surface area contributed by atoms with Gasteiger partial charge in [0.25, 0.3) is 0 Å². The first-order chi connectivity index (χ1) is 30.9. The van der Waals surface area contributed by atoms with E-state index in [0.29, 0.717) is 59.8 Å². The van der Waals surface area contributed by atoms with Crippen molar-refractivity contribution in [1.82, 2.24) is 15.5 Å². The van der Waals surface area contributed by atoms with Crippen molar-refractivity contribution >= 4 is 50.7 Å². The fourth-order valence-corrected chi connectivity index (χ4v) is 15.6. The fraction of sp³-hybridized carbons (Fsp3) is 0.583. The summed E-state index contributed by atoms with van der Waals surface area (Å²) in [6.45, 7) is 3.65. The molecule has 64 heavy (non-hydrogen) atoms. The summed E-state index contributed by atoms with van der Waals surface area (Å²) in [4.78, 5) is 57.2. The molecular formula is C48H60N4O10S2. The molecule has 344 valence electrons. The van der Waals surface area contributed by atoms with Gasteiger partial charge >= 0.3 is 11.6 Å². The number of carbonyl (C=O) groups excluding carboxylic acids is 3. The van der Waals surface area contributed by atoms with Crippen LogP contribution in [0.5, 0.6) is 5.75 Å². The number of hydrogen-bond acceptors (Lipinski definition) is 15. The number of hydrogen-bond donors (Lipinski definition) is 6. The minimum absolute atomic E-state index is 0.00217. The molecule has 14 nitrogen and oxygen atoms in total. The number of amides is 1. The highest BCUT2D eigenvalue weighted by atomic mass is 33.1. The minimum Gasteiger partial charge on any atom is -0.481 e. The van der Waals surface area contributed by atoms with Crippen molar-refractivity contribution in [2.45, 2.75) is 106 Å². The summed E-state index contributed by atoms with van der Waals surface area (Å²) in [5, 5.41) is 38.8.